The molecule has 0 saturated carbocycles. The lowest BCUT2D eigenvalue weighted by molar-refractivity contribution is 0.415. The van der Waals surface area contributed by atoms with Crippen LogP contribution < -0.4 is 10.3 Å². The van der Waals surface area contributed by atoms with Gasteiger partial charge in [0, 0.05) is 21.0 Å². The van der Waals surface area contributed by atoms with Gasteiger partial charge < -0.3 is 4.74 Å². The molecule has 34 heavy (non-hydrogen) atoms. The van der Waals surface area contributed by atoms with Crippen LogP contribution in [0.15, 0.2) is 104 Å². The van der Waals surface area contributed by atoms with E-state index in [4.69, 9.17) is 4.74 Å². The molecule has 0 saturated heterocycles. The van der Waals surface area contributed by atoms with Crippen molar-refractivity contribution < 1.29 is 4.74 Å². The zero-order valence-electron chi connectivity index (χ0n) is 18.0. The predicted octanol–water partition coefficient (Wildman–Crippen LogP) is 7.14. The number of aromatic amines is 1. The molecule has 7 nitrogen and oxygen atoms in total. The average Bonchev–Trinajstić information content (AvgIpc) is 3.49. The van der Waals surface area contributed by atoms with Crippen LogP contribution in [0.4, 0.5) is 11.4 Å². The Labute approximate surface area is 207 Å². The SMILES string of the molecule is COc1ccc(-c2csc(-n3[nH]c(-c4ccccc4)c(N=Nc4ccccc4Br)c3=O)n2)cc1. The van der Waals surface area contributed by atoms with E-state index in [-0.39, 0.29) is 11.2 Å². The third-order valence-electron chi connectivity index (χ3n) is 5.11. The van der Waals surface area contributed by atoms with E-state index >= 15 is 0 Å². The minimum Gasteiger partial charge on any atom is -0.497 e. The summed E-state index contributed by atoms with van der Waals surface area (Å²) in [6.07, 6.45) is 0. The van der Waals surface area contributed by atoms with Gasteiger partial charge in [-0.2, -0.15) is 4.68 Å². The summed E-state index contributed by atoms with van der Waals surface area (Å²) in [5, 5.41) is 14.3. The first-order valence-corrected chi connectivity index (χ1v) is 12.0. The van der Waals surface area contributed by atoms with Gasteiger partial charge in [0.15, 0.2) is 5.69 Å². The van der Waals surface area contributed by atoms with Gasteiger partial charge in [-0.05, 0) is 52.3 Å². The van der Waals surface area contributed by atoms with Crippen molar-refractivity contribution in [2.45, 2.75) is 0 Å². The molecular formula is C25H18BrN5O2S. The number of nitrogens with one attached hydrogen (secondary N) is 1. The van der Waals surface area contributed by atoms with Crippen molar-refractivity contribution in [1.82, 2.24) is 14.8 Å². The summed E-state index contributed by atoms with van der Waals surface area (Å²) < 4.78 is 7.43. The number of nitrogens with zero attached hydrogens (tertiary/aromatic N) is 4. The summed E-state index contributed by atoms with van der Waals surface area (Å²) in [5.74, 6) is 0.771. The first kappa shape index (κ1) is 22.0. The average molecular weight is 532 g/mol. The van der Waals surface area contributed by atoms with E-state index in [0.29, 0.717) is 16.5 Å². The Hall–Kier alpha value is -3.82. The van der Waals surface area contributed by atoms with Gasteiger partial charge in [0.2, 0.25) is 5.13 Å². The fraction of sp³-hybridized carbons (Fsp3) is 0.0400. The van der Waals surface area contributed by atoms with E-state index in [1.807, 2.05) is 84.2 Å². The maximum atomic E-state index is 13.4. The van der Waals surface area contributed by atoms with Gasteiger partial charge in [-0.25, -0.2) is 4.98 Å². The summed E-state index contributed by atoms with van der Waals surface area (Å²) in [6.45, 7) is 0. The van der Waals surface area contributed by atoms with E-state index in [2.05, 4.69) is 36.2 Å². The summed E-state index contributed by atoms with van der Waals surface area (Å²) in [6, 6.07) is 24.6. The Bertz CT molecular complexity index is 1520. The molecule has 0 amide bonds. The lowest BCUT2D eigenvalue weighted by Crippen LogP contribution is -2.13. The molecular weight excluding hydrogens is 514 g/mol. The third kappa shape index (κ3) is 4.35. The first-order chi connectivity index (χ1) is 16.6. The Morgan fingerprint density at radius 2 is 1.68 bits per heavy atom. The second-order valence-electron chi connectivity index (χ2n) is 7.24. The number of hydrogen-bond donors (Lipinski definition) is 1. The van der Waals surface area contributed by atoms with Crippen molar-refractivity contribution in [3.8, 4) is 33.4 Å². The molecule has 2 heterocycles. The highest BCUT2D eigenvalue weighted by Gasteiger charge is 2.19. The Morgan fingerprint density at radius 3 is 2.41 bits per heavy atom. The number of hydrogen-bond acceptors (Lipinski definition) is 6. The second-order valence-corrected chi connectivity index (χ2v) is 8.93. The lowest BCUT2D eigenvalue weighted by atomic mass is 10.1. The molecule has 9 heteroatoms. The normalized spacial score (nSPS) is 11.2. The fourth-order valence-corrected chi connectivity index (χ4v) is 4.51. The molecule has 0 aliphatic rings. The van der Waals surface area contributed by atoms with Gasteiger partial charge in [-0.3, -0.25) is 9.89 Å². The topological polar surface area (TPSA) is 84.6 Å². The molecule has 2 aromatic heterocycles. The van der Waals surface area contributed by atoms with E-state index in [1.165, 1.54) is 16.0 Å². The molecule has 5 rings (SSSR count). The molecule has 5 aromatic rings. The van der Waals surface area contributed by atoms with E-state index in [1.54, 1.807) is 7.11 Å². The quantitative estimate of drug-likeness (QED) is 0.236. The standard InChI is InChI=1S/C25H18BrN5O2S/c1-33-18-13-11-16(12-14-18)21-15-34-25(27-21)31-24(32)23(22(30-31)17-7-3-2-4-8-17)29-28-20-10-6-5-9-19(20)26/h2-15,30H,1H3. The number of H-pyrrole nitrogens is 1. The molecule has 1 N–H and O–H groups in total. The molecule has 0 aliphatic carbocycles. The highest BCUT2D eigenvalue weighted by atomic mass is 79.9. The van der Waals surface area contributed by atoms with Crippen molar-refractivity contribution >= 4 is 38.6 Å². The monoisotopic (exact) mass is 531 g/mol. The van der Waals surface area contributed by atoms with E-state index in [0.717, 1.165) is 27.0 Å². The van der Waals surface area contributed by atoms with Crippen LogP contribution in [-0.4, -0.2) is 21.9 Å². The van der Waals surface area contributed by atoms with Crippen LogP contribution in [0.3, 0.4) is 0 Å². The lowest BCUT2D eigenvalue weighted by Gasteiger charge is -2.00. The first-order valence-electron chi connectivity index (χ1n) is 10.3. The predicted molar refractivity (Wildman–Crippen MR) is 138 cm³/mol. The van der Waals surface area contributed by atoms with Crippen molar-refractivity contribution in [3.05, 3.63) is 99.1 Å². The van der Waals surface area contributed by atoms with Gasteiger partial charge in [0.05, 0.1) is 24.2 Å². The van der Waals surface area contributed by atoms with Crippen molar-refractivity contribution in [1.29, 1.82) is 0 Å². The number of ether oxygens (including phenoxy) is 1. The molecule has 0 radical (unpaired) electrons. The Kier molecular flexibility index (Phi) is 6.20. The summed E-state index contributed by atoms with van der Waals surface area (Å²) in [5.41, 5.74) is 3.61. The Balaban J connectivity index is 1.58. The summed E-state index contributed by atoms with van der Waals surface area (Å²) >= 11 is 4.83. The molecule has 0 fully saturated rings. The number of benzene rings is 3. The number of methoxy groups -OCH3 is 1. The zero-order chi connectivity index (χ0) is 23.5. The minimum atomic E-state index is -0.328. The highest BCUT2D eigenvalue weighted by molar-refractivity contribution is 9.10. The molecule has 0 spiro atoms. The van der Waals surface area contributed by atoms with Crippen LogP contribution in [0.1, 0.15) is 0 Å². The van der Waals surface area contributed by atoms with Crippen LogP contribution in [0.2, 0.25) is 0 Å². The van der Waals surface area contributed by atoms with Crippen molar-refractivity contribution in [2.75, 3.05) is 7.11 Å². The molecule has 3 aromatic carbocycles. The third-order valence-corrected chi connectivity index (χ3v) is 6.60. The van der Waals surface area contributed by atoms with E-state index in [9.17, 15) is 4.79 Å². The number of aromatic nitrogens is 3. The highest BCUT2D eigenvalue weighted by Crippen LogP contribution is 2.31. The van der Waals surface area contributed by atoms with Crippen molar-refractivity contribution in [3.63, 3.8) is 0 Å². The molecule has 168 valence electrons. The van der Waals surface area contributed by atoms with Crippen LogP contribution in [0, 0.1) is 0 Å². The van der Waals surface area contributed by atoms with Gasteiger partial charge in [-0.1, -0.05) is 42.5 Å². The molecule has 0 bridgehead atoms. The van der Waals surface area contributed by atoms with Gasteiger partial charge >= 0.3 is 5.56 Å². The molecule has 0 atom stereocenters. The minimum absolute atomic E-state index is 0.211. The number of thiazole rings is 1. The fourth-order valence-electron chi connectivity index (χ4n) is 3.36. The van der Waals surface area contributed by atoms with Crippen LogP contribution >= 0.6 is 27.3 Å². The van der Waals surface area contributed by atoms with Gasteiger partial charge in [0.1, 0.15) is 5.75 Å². The maximum absolute atomic E-state index is 13.4. The Morgan fingerprint density at radius 1 is 0.941 bits per heavy atom. The van der Waals surface area contributed by atoms with Crippen LogP contribution in [0.25, 0.3) is 27.6 Å². The van der Waals surface area contributed by atoms with Crippen LogP contribution in [-0.2, 0) is 0 Å². The number of azo groups is 1. The van der Waals surface area contributed by atoms with Gasteiger partial charge in [0.25, 0.3) is 0 Å². The smallest absolute Gasteiger partial charge is 0.301 e. The summed E-state index contributed by atoms with van der Waals surface area (Å²) in [7, 11) is 1.63. The maximum Gasteiger partial charge on any atom is 0.301 e. The molecule has 0 aliphatic heterocycles. The van der Waals surface area contributed by atoms with E-state index < -0.39 is 0 Å². The molecule has 0 unspecified atom stereocenters. The number of halogens is 1. The zero-order valence-corrected chi connectivity index (χ0v) is 20.4. The number of rotatable bonds is 6. The second kappa shape index (κ2) is 9.58. The van der Waals surface area contributed by atoms with Crippen LogP contribution in [0.5, 0.6) is 5.75 Å². The van der Waals surface area contributed by atoms with Crippen molar-refractivity contribution in [2.24, 2.45) is 10.2 Å². The largest absolute Gasteiger partial charge is 0.497 e. The summed E-state index contributed by atoms with van der Waals surface area (Å²) in [4.78, 5) is 18.1. The van der Waals surface area contributed by atoms with Gasteiger partial charge in [-0.15, -0.1) is 21.6 Å².